The molecule has 0 aromatic heterocycles. The van der Waals surface area contributed by atoms with Crippen LogP contribution < -0.4 is 9.80 Å². The minimum Gasteiger partial charge on any atom is -0.309 e. The van der Waals surface area contributed by atoms with Gasteiger partial charge in [0.25, 0.3) is 0 Å². The zero-order valence-electron chi connectivity index (χ0n) is 35.9. The zero-order chi connectivity index (χ0) is 41.5. The third-order valence-electron chi connectivity index (χ3n) is 15.2. The molecule has 0 fully saturated rings. The van der Waals surface area contributed by atoms with E-state index >= 15 is 0 Å². The van der Waals surface area contributed by atoms with Crippen molar-refractivity contribution in [3.05, 3.63) is 214 Å². The predicted molar refractivity (Wildman–Crippen MR) is 261 cm³/mol. The second kappa shape index (κ2) is 12.8. The van der Waals surface area contributed by atoms with E-state index in [1.807, 2.05) is 0 Å². The molecule has 298 valence electrons. The Morgan fingerprint density at radius 2 is 0.597 bits per heavy atom. The van der Waals surface area contributed by atoms with Gasteiger partial charge in [-0.15, -0.1) is 0 Å². The van der Waals surface area contributed by atoms with Crippen LogP contribution in [0, 0.1) is 0 Å². The van der Waals surface area contributed by atoms with E-state index < -0.39 is 0 Å². The van der Waals surface area contributed by atoms with Crippen LogP contribution in [0.25, 0.3) is 43.8 Å². The molecule has 0 radical (unpaired) electrons. The molecule has 62 heavy (non-hydrogen) atoms. The molecule has 0 saturated heterocycles. The van der Waals surface area contributed by atoms with Gasteiger partial charge in [0.2, 0.25) is 0 Å². The molecule has 0 bridgehead atoms. The minimum atomic E-state index is -0.176. The van der Waals surface area contributed by atoms with Crippen LogP contribution in [0.15, 0.2) is 170 Å². The SMILES string of the molecule is CC1(C)c2ccccc2-c2cc3c(N4c5ccccc5CCc5ccccc54)c4cc5c(cc4c(N4c6ccccc6CCc6ccccc64)c3cc21)C(C)(C)c1ccccc1-5. The number of benzene rings is 9. The Bertz CT molecular complexity index is 3160. The van der Waals surface area contributed by atoms with Gasteiger partial charge in [-0.3, -0.25) is 0 Å². The molecule has 0 N–H and O–H groups in total. The summed E-state index contributed by atoms with van der Waals surface area (Å²) in [4.78, 5) is 5.33. The van der Waals surface area contributed by atoms with Crippen LogP contribution in [0.4, 0.5) is 34.1 Å². The molecule has 0 unspecified atom stereocenters. The maximum atomic E-state index is 2.67. The first-order chi connectivity index (χ1) is 30.3. The number of fused-ring (bicyclic) bond motifs is 12. The van der Waals surface area contributed by atoms with Crippen molar-refractivity contribution in [2.24, 2.45) is 0 Å². The van der Waals surface area contributed by atoms with Crippen LogP contribution in [0.2, 0.25) is 0 Å². The Hall–Kier alpha value is -6.90. The zero-order valence-corrected chi connectivity index (χ0v) is 35.9. The lowest BCUT2D eigenvalue weighted by molar-refractivity contribution is 0.661. The first kappa shape index (κ1) is 35.8. The van der Waals surface area contributed by atoms with Crippen LogP contribution in [0.1, 0.15) is 72.2 Å². The van der Waals surface area contributed by atoms with Gasteiger partial charge in [0, 0.05) is 55.1 Å². The molecule has 9 aromatic carbocycles. The lowest BCUT2D eigenvalue weighted by Crippen LogP contribution is -2.18. The Labute approximate surface area is 364 Å². The highest BCUT2D eigenvalue weighted by atomic mass is 15.2. The second-order valence-corrected chi connectivity index (χ2v) is 19.1. The largest absolute Gasteiger partial charge is 0.309 e. The molecule has 2 aliphatic carbocycles. The first-order valence-electron chi connectivity index (χ1n) is 22.5. The van der Waals surface area contributed by atoms with Crippen LogP contribution >= 0.6 is 0 Å². The minimum absolute atomic E-state index is 0.176. The van der Waals surface area contributed by atoms with Gasteiger partial charge in [-0.2, -0.15) is 0 Å². The third kappa shape index (κ3) is 4.81. The van der Waals surface area contributed by atoms with E-state index in [4.69, 9.17) is 0 Å². The summed E-state index contributed by atoms with van der Waals surface area (Å²) in [5.41, 5.74) is 23.7. The quantitative estimate of drug-likeness (QED) is 0.161. The van der Waals surface area contributed by atoms with Gasteiger partial charge in [0.15, 0.2) is 0 Å². The number of hydrogen-bond acceptors (Lipinski definition) is 2. The molecular formula is C60H48N2. The molecule has 2 nitrogen and oxygen atoms in total. The Morgan fingerprint density at radius 1 is 0.306 bits per heavy atom. The van der Waals surface area contributed by atoms with E-state index in [2.05, 4.69) is 207 Å². The van der Waals surface area contributed by atoms with Gasteiger partial charge >= 0.3 is 0 Å². The highest BCUT2D eigenvalue weighted by Crippen LogP contribution is 2.60. The lowest BCUT2D eigenvalue weighted by Gasteiger charge is -2.35. The monoisotopic (exact) mass is 796 g/mol. The van der Waals surface area contributed by atoms with Crippen molar-refractivity contribution in [2.75, 3.05) is 9.80 Å². The smallest absolute Gasteiger partial charge is 0.0620 e. The molecule has 13 rings (SSSR count). The molecule has 4 aliphatic rings. The standard InChI is InChI=1S/C60H48N2/c1-59(2)49-23-11-9-21-41(49)43-33-45-47(35-51(43)59)58(62-55-27-15-7-19-39(55)31-32-40-20-8-16-28-56(40)62)48-36-52-44(42-22-10-12-24-50(42)60(52,3)4)34-46(48)57(45)61-53-25-13-5-17-37(53)29-30-38-18-6-14-26-54(38)61/h5-28,33-36H,29-32H2,1-4H3. The molecule has 0 saturated carbocycles. The van der Waals surface area contributed by atoms with Crippen LogP contribution in [-0.2, 0) is 36.5 Å². The number of hydrogen-bond donors (Lipinski definition) is 0. The van der Waals surface area contributed by atoms with Crippen molar-refractivity contribution in [1.82, 2.24) is 0 Å². The summed E-state index contributed by atoms with van der Waals surface area (Å²) in [6, 6.07) is 65.4. The van der Waals surface area contributed by atoms with Crippen molar-refractivity contribution in [2.45, 2.75) is 64.2 Å². The van der Waals surface area contributed by atoms with Gasteiger partial charge in [-0.25, -0.2) is 0 Å². The molecule has 0 atom stereocenters. The van der Waals surface area contributed by atoms with Gasteiger partial charge in [0.05, 0.1) is 11.4 Å². The summed E-state index contributed by atoms with van der Waals surface area (Å²) in [5, 5.41) is 5.11. The van der Waals surface area contributed by atoms with E-state index in [-0.39, 0.29) is 10.8 Å². The number of para-hydroxylation sites is 4. The number of anilines is 6. The molecule has 2 heterocycles. The summed E-state index contributed by atoms with van der Waals surface area (Å²) in [6.07, 6.45) is 3.97. The molecule has 0 amide bonds. The highest BCUT2D eigenvalue weighted by molar-refractivity contribution is 6.25. The Balaban J connectivity index is 1.29. The van der Waals surface area contributed by atoms with Crippen molar-refractivity contribution in [3.8, 4) is 22.3 Å². The summed E-state index contributed by atoms with van der Waals surface area (Å²) < 4.78 is 0. The fourth-order valence-electron chi connectivity index (χ4n) is 12.1. The second-order valence-electron chi connectivity index (χ2n) is 19.1. The summed E-state index contributed by atoms with van der Waals surface area (Å²) in [7, 11) is 0. The fraction of sp³-hybridized carbons (Fsp3) is 0.167. The Kier molecular flexibility index (Phi) is 7.40. The topological polar surface area (TPSA) is 6.48 Å². The van der Waals surface area contributed by atoms with Crippen molar-refractivity contribution >= 4 is 55.7 Å². The van der Waals surface area contributed by atoms with E-state index in [0.717, 1.165) is 25.7 Å². The molecular weight excluding hydrogens is 749 g/mol. The van der Waals surface area contributed by atoms with Crippen LogP contribution in [0.5, 0.6) is 0 Å². The van der Waals surface area contributed by atoms with E-state index in [9.17, 15) is 0 Å². The van der Waals surface area contributed by atoms with Gasteiger partial charge < -0.3 is 9.80 Å². The van der Waals surface area contributed by atoms with Crippen molar-refractivity contribution in [1.29, 1.82) is 0 Å². The maximum Gasteiger partial charge on any atom is 0.0620 e. The average Bonchev–Trinajstić information content (AvgIpc) is 3.48. The van der Waals surface area contributed by atoms with Gasteiger partial charge in [0.1, 0.15) is 0 Å². The summed E-state index contributed by atoms with van der Waals surface area (Å²) >= 11 is 0. The number of rotatable bonds is 2. The van der Waals surface area contributed by atoms with Gasteiger partial charge in [-0.1, -0.05) is 149 Å². The van der Waals surface area contributed by atoms with E-state index in [1.165, 1.54) is 122 Å². The highest BCUT2D eigenvalue weighted by Gasteiger charge is 2.40. The lowest BCUT2D eigenvalue weighted by atomic mass is 9.80. The average molecular weight is 797 g/mol. The maximum absolute atomic E-state index is 2.67. The molecule has 2 heteroatoms. The summed E-state index contributed by atoms with van der Waals surface area (Å²) in [6.45, 7) is 9.70. The summed E-state index contributed by atoms with van der Waals surface area (Å²) in [5.74, 6) is 0. The normalized spacial score (nSPS) is 16.0. The van der Waals surface area contributed by atoms with Crippen molar-refractivity contribution in [3.63, 3.8) is 0 Å². The van der Waals surface area contributed by atoms with Crippen LogP contribution in [-0.4, -0.2) is 0 Å². The third-order valence-corrected chi connectivity index (χ3v) is 15.2. The number of aryl methyl sites for hydroxylation is 4. The molecule has 2 aliphatic heterocycles. The van der Waals surface area contributed by atoms with Gasteiger partial charge in [-0.05, 0) is 141 Å². The predicted octanol–water partition coefficient (Wildman–Crippen LogP) is 15.7. The van der Waals surface area contributed by atoms with Crippen molar-refractivity contribution < 1.29 is 0 Å². The van der Waals surface area contributed by atoms with E-state index in [1.54, 1.807) is 0 Å². The molecule has 0 spiro atoms. The Morgan fingerprint density at radius 3 is 0.952 bits per heavy atom. The van der Waals surface area contributed by atoms with E-state index in [0.29, 0.717) is 0 Å². The molecule has 9 aromatic rings. The van der Waals surface area contributed by atoms with Crippen LogP contribution in [0.3, 0.4) is 0 Å². The fourth-order valence-corrected chi connectivity index (χ4v) is 12.1. The number of nitrogens with zero attached hydrogens (tertiary/aromatic N) is 2. The first-order valence-corrected chi connectivity index (χ1v) is 22.5.